The normalized spacial score (nSPS) is 25.5. The summed E-state index contributed by atoms with van der Waals surface area (Å²) in [6.45, 7) is 0. The van der Waals surface area contributed by atoms with Crippen LogP contribution in [0.2, 0.25) is 0 Å². The lowest BCUT2D eigenvalue weighted by atomic mass is 9.91. The molecule has 0 bridgehead atoms. The Morgan fingerprint density at radius 2 is 2.04 bits per heavy atom. The fraction of sp³-hybridized carbons (Fsp3) is 0.529. The highest BCUT2D eigenvalue weighted by atomic mass is 32.2. The van der Waals surface area contributed by atoms with Crippen LogP contribution in [0.4, 0.5) is 0 Å². The van der Waals surface area contributed by atoms with E-state index in [4.69, 9.17) is 0 Å². The summed E-state index contributed by atoms with van der Waals surface area (Å²) < 4.78 is 25.4. The molecule has 2 aliphatic rings. The largest absolute Gasteiger partial charge is 0.309 e. The minimum Gasteiger partial charge on any atom is -0.309 e. The quantitative estimate of drug-likeness (QED) is 0.839. The van der Waals surface area contributed by atoms with Crippen LogP contribution in [0.1, 0.15) is 47.4 Å². The summed E-state index contributed by atoms with van der Waals surface area (Å²) in [6.07, 6.45) is 4.14. The molecule has 0 amide bonds. The van der Waals surface area contributed by atoms with Gasteiger partial charge < -0.3 is 4.57 Å². The minimum absolute atomic E-state index is 0.0134. The zero-order valence-electron chi connectivity index (χ0n) is 13.7. The van der Waals surface area contributed by atoms with Crippen molar-refractivity contribution in [3.05, 3.63) is 41.2 Å². The van der Waals surface area contributed by atoms with Crippen LogP contribution in [0.25, 0.3) is 0 Å². The minimum atomic E-state index is -2.91. The van der Waals surface area contributed by atoms with Gasteiger partial charge in [0.05, 0.1) is 11.5 Å². The lowest BCUT2D eigenvalue weighted by Crippen LogP contribution is -2.10. The van der Waals surface area contributed by atoms with Crippen LogP contribution in [-0.2, 0) is 23.3 Å². The number of hydrogen-bond acceptors (Lipinski definition) is 5. The van der Waals surface area contributed by atoms with Gasteiger partial charge in [0.15, 0.2) is 15.0 Å². The van der Waals surface area contributed by atoms with Crippen molar-refractivity contribution < 1.29 is 8.42 Å². The van der Waals surface area contributed by atoms with Gasteiger partial charge in [-0.2, -0.15) is 0 Å². The van der Waals surface area contributed by atoms with E-state index < -0.39 is 9.84 Å². The Morgan fingerprint density at radius 1 is 1.21 bits per heavy atom. The lowest BCUT2D eigenvalue weighted by Gasteiger charge is -2.24. The van der Waals surface area contributed by atoms with Gasteiger partial charge in [0.1, 0.15) is 5.82 Å². The number of hydrogen-bond donors (Lipinski definition) is 0. The molecule has 2 unspecified atom stereocenters. The number of aryl methyl sites for hydroxylation is 1. The Labute approximate surface area is 146 Å². The smallest absolute Gasteiger partial charge is 0.191 e. The highest BCUT2D eigenvalue weighted by molar-refractivity contribution is 7.99. The second-order valence-corrected chi connectivity index (χ2v) is 10.1. The summed E-state index contributed by atoms with van der Waals surface area (Å²) in [4.78, 5) is 0. The van der Waals surface area contributed by atoms with E-state index in [1.54, 1.807) is 11.8 Å². The molecule has 1 aromatic carbocycles. The molecule has 0 saturated carbocycles. The van der Waals surface area contributed by atoms with E-state index in [-0.39, 0.29) is 17.4 Å². The highest BCUT2D eigenvalue weighted by Crippen LogP contribution is 2.43. The number of sulfone groups is 1. The Balaban J connectivity index is 1.57. The molecular weight excluding hydrogens is 342 g/mol. The first kappa shape index (κ1) is 16.1. The fourth-order valence-electron chi connectivity index (χ4n) is 3.74. The first-order valence-electron chi connectivity index (χ1n) is 8.38. The molecule has 1 aromatic heterocycles. The predicted octanol–water partition coefficient (Wildman–Crippen LogP) is 2.89. The molecule has 1 aliphatic carbocycles. The molecule has 128 valence electrons. The van der Waals surface area contributed by atoms with E-state index in [1.807, 2.05) is 11.6 Å². The van der Waals surface area contributed by atoms with Gasteiger partial charge in [0.25, 0.3) is 0 Å². The maximum absolute atomic E-state index is 11.7. The molecular formula is C17H21N3O2S2. The number of nitrogens with zero attached hydrogens (tertiary/aromatic N) is 3. The van der Waals surface area contributed by atoms with E-state index in [0.717, 1.165) is 23.8 Å². The maximum atomic E-state index is 11.7. The molecule has 0 spiro atoms. The number of aromatic nitrogens is 3. The van der Waals surface area contributed by atoms with Crippen molar-refractivity contribution in [1.29, 1.82) is 0 Å². The van der Waals surface area contributed by atoms with E-state index in [2.05, 4.69) is 34.5 Å². The molecule has 2 heterocycles. The molecule has 1 aliphatic heterocycles. The molecule has 1 fully saturated rings. The topological polar surface area (TPSA) is 64.8 Å². The average Bonchev–Trinajstić information content (AvgIpc) is 3.10. The van der Waals surface area contributed by atoms with E-state index >= 15 is 0 Å². The van der Waals surface area contributed by atoms with Gasteiger partial charge in [-0.15, -0.1) is 10.2 Å². The summed E-state index contributed by atoms with van der Waals surface area (Å²) in [5.41, 5.74) is 2.84. The molecule has 4 rings (SSSR count). The van der Waals surface area contributed by atoms with Crippen molar-refractivity contribution in [3.63, 3.8) is 0 Å². The number of benzene rings is 1. The van der Waals surface area contributed by atoms with Crippen LogP contribution in [0.15, 0.2) is 29.4 Å². The third-order valence-corrected chi connectivity index (χ3v) is 8.14. The van der Waals surface area contributed by atoms with Crippen molar-refractivity contribution in [2.75, 3.05) is 11.5 Å². The maximum Gasteiger partial charge on any atom is 0.191 e. The van der Waals surface area contributed by atoms with E-state index in [0.29, 0.717) is 11.7 Å². The van der Waals surface area contributed by atoms with Crippen LogP contribution in [-0.4, -0.2) is 34.7 Å². The molecule has 2 aromatic rings. The van der Waals surface area contributed by atoms with Gasteiger partial charge in [0, 0.05) is 18.2 Å². The number of rotatable bonds is 3. The molecule has 24 heavy (non-hydrogen) atoms. The second-order valence-electron chi connectivity index (χ2n) is 6.70. The molecule has 2 atom stereocenters. The van der Waals surface area contributed by atoms with Gasteiger partial charge in [-0.05, 0) is 36.8 Å². The van der Waals surface area contributed by atoms with Gasteiger partial charge in [0.2, 0.25) is 0 Å². The van der Waals surface area contributed by atoms with Crippen molar-refractivity contribution in [1.82, 2.24) is 14.8 Å². The third-order valence-electron chi connectivity index (χ3n) is 5.03. The fourth-order valence-corrected chi connectivity index (χ4v) is 6.72. The molecule has 0 N–H and O–H groups in total. The van der Waals surface area contributed by atoms with Crippen molar-refractivity contribution in [2.24, 2.45) is 7.05 Å². The van der Waals surface area contributed by atoms with E-state index in [9.17, 15) is 8.42 Å². The summed E-state index contributed by atoms with van der Waals surface area (Å²) in [6, 6.07) is 8.64. The van der Waals surface area contributed by atoms with E-state index in [1.165, 1.54) is 17.5 Å². The predicted molar refractivity (Wildman–Crippen MR) is 95.0 cm³/mol. The first-order chi connectivity index (χ1) is 11.5. The average molecular weight is 364 g/mol. The molecule has 7 heteroatoms. The molecule has 1 saturated heterocycles. The van der Waals surface area contributed by atoms with Crippen LogP contribution < -0.4 is 0 Å². The van der Waals surface area contributed by atoms with Crippen molar-refractivity contribution >= 4 is 21.6 Å². The van der Waals surface area contributed by atoms with Gasteiger partial charge in [-0.1, -0.05) is 36.0 Å². The highest BCUT2D eigenvalue weighted by Gasteiger charge is 2.33. The number of thioether (sulfide) groups is 1. The Hall–Kier alpha value is -1.34. The third kappa shape index (κ3) is 2.99. The van der Waals surface area contributed by atoms with Crippen LogP contribution >= 0.6 is 11.8 Å². The first-order valence-corrected chi connectivity index (χ1v) is 11.1. The van der Waals surface area contributed by atoms with Crippen molar-refractivity contribution in [2.45, 2.75) is 42.0 Å². The summed E-state index contributed by atoms with van der Waals surface area (Å²) in [5.74, 6) is 1.27. The SMILES string of the molecule is Cn1c(SC2CCCc3ccccc32)nnc1C1CCS(=O)(=O)C1. The summed E-state index contributed by atoms with van der Waals surface area (Å²) in [7, 11) is -0.951. The second kappa shape index (κ2) is 6.19. The molecule has 5 nitrogen and oxygen atoms in total. The van der Waals surface area contributed by atoms with Crippen molar-refractivity contribution in [3.8, 4) is 0 Å². The van der Waals surface area contributed by atoms with Gasteiger partial charge >= 0.3 is 0 Å². The Morgan fingerprint density at radius 3 is 2.83 bits per heavy atom. The Kier molecular flexibility index (Phi) is 4.16. The molecule has 0 radical (unpaired) electrons. The standard InChI is InChI=1S/C17H21N3O2S2/c1-20-16(13-9-10-24(21,22)11-13)18-19-17(20)23-15-8-4-6-12-5-2-3-7-14(12)15/h2-3,5,7,13,15H,4,6,8-11H2,1H3. The lowest BCUT2D eigenvalue weighted by molar-refractivity contribution is 0.599. The van der Waals surface area contributed by atoms with Crippen LogP contribution in [0.3, 0.4) is 0 Å². The zero-order chi connectivity index (χ0) is 16.7. The Bertz CT molecular complexity index is 860. The van der Waals surface area contributed by atoms with Crippen LogP contribution in [0, 0.1) is 0 Å². The van der Waals surface area contributed by atoms with Gasteiger partial charge in [-0.3, -0.25) is 0 Å². The van der Waals surface area contributed by atoms with Gasteiger partial charge in [-0.25, -0.2) is 8.42 Å². The zero-order valence-corrected chi connectivity index (χ0v) is 15.3. The number of fused-ring (bicyclic) bond motifs is 1. The van der Waals surface area contributed by atoms with Crippen LogP contribution in [0.5, 0.6) is 0 Å². The summed E-state index contributed by atoms with van der Waals surface area (Å²) in [5, 5.41) is 9.95. The monoisotopic (exact) mass is 363 g/mol. The summed E-state index contributed by atoms with van der Waals surface area (Å²) >= 11 is 1.75.